The number of hydrogen-bond acceptors (Lipinski definition) is 3. The van der Waals surface area contributed by atoms with Crippen molar-refractivity contribution in [2.75, 3.05) is 10.6 Å². The Bertz CT molecular complexity index is 953. The average molecular weight is 353 g/mol. The standard InChI is InChI=1S/C20H17F2N3O/c1-12-6-7-13(2)17(10-12)24-18-11-14(8-9-23-18)20(26)25-19-15(21)4-3-5-16(19)22/h3-11H,1-2H3,(H,23,24)(H,25,26). The van der Waals surface area contributed by atoms with E-state index in [9.17, 15) is 13.6 Å². The number of halogens is 2. The molecule has 1 amide bonds. The Labute approximate surface area is 149 Å². The molecule has 2 aromatic carbocycles. The molecule has 2 N–H and O–H groups in total. The number of carbonyl (C=O) groups is 1. The third-order valence-electron chi connectivity index (χ3n) is 3.88. The molecule has 0 saturated carbocycles. The molecule has 6 heteroatoms. The minimum atomic E-state index is -0.832. The van der Waals surface area contributed by atoms with Crippen molar-refractivity contribution in [3.05, 3.63) is 83.1 Å². The van der Waals surface area contributed by atoms with E-state index in [1.54, 1.807) is 0 Å². The van der Waals surface area contributed by atoms with Gasteiger partial charge in [0.05, 0.1) is 0 Å². The van der Waals surface area contributed by atoms with Crippen LogP contribution in [0.15, 0.2) is 54.7 Å². The van der Waals surface area contributed by atoms with Crippen molar-refractivity contribution in [2.24, 2.45) is 0 Å². The quantitative estimate of drug-likeness (QED) is 0.696. The molecule has 0 bridgehead atoms. The second-order valence-corrected chi connectivity index (χ2v) is 5.92. The van der Waals surface area contributed by atoms with E-state index in [0.29, 0.717) is 5.82 Å². The van der Waals surface area contributed by atoms with Crippen molar-refractivity contribution >= 4 is 23.1 Å². The molecular weight excluding hydrogens is 336 g/mol. The summed E-state index contributed by atoms with van der Waals surface area (Å²) in [6, 6.07) is 12.4. The van der Waals surface area contributed by atoms with E-state index < -0.39 is 23.2 Å². The van der Waals surface area contributed by atoms with Gasteiger partial charge in [0.1, 0.15) is 23.1 Å². The SMILES string of the molecule is Cc1ccc(C)c(Nc2cc(C(=O)Nc3c(F)cccc3F)ccn2)c1. The molecule has 0 atom stereocenters. The van der Waals surface area contributed by atoms with Crippen LogP contribution in [0.25, 0.3) is 0 Å². The number of anilines is 3. The summed E-state index contributed by atoms with van der Waals surface area (Å²) >= 11 is 0. The first-order valence-electron chi connectivity index (χ1n) is 8.00. The number of benzene rings is 2. The van der Waals surface area contributed by atoms with Gasteiger partial charge in [0, 0.05) is 17.4 Å². The summed E-state index contributed by atoms with van der Waals surface area (Å²) in [5, 5.41) is 5.42. The Kier molecular flexibility index (Phi) is 4.93. The van der Waals surface area contributed by atoms with Gasteiger partial charge in [-0.1, -0.05) is 18.2 Å². The fraction of sp³-hybridized carbons (Fsp3) is 0.100. The highest BCUT2D eigenvalue weighted by Gasteiger charge is 2.14. The number of para-hydroxylation sites is 1. The first-order chi connectivity index (χ1) is 12.4. The summed E-state index contributed by atoms with van der Waals surface area (Å²) in [5.74, 6) is -1.83. The van der Waals surface area contributed by atoms with Gasteiger partial charge in [0.15, 0.2) is 0 Å². The van der Waals surface area contributed by atoms with E-state index in [1.807, 2.05) is 32.0 Å². The molecule has 0 saturated heterocycles. The molecule has 132 valence electrons. The van der Waals surface area contributed by atoms with Crippen LogP contribution in [0.4, 0.5) is 26.0 Å². The molecule has 3 rings (SSSR count). The molecule has 0 unspecified atom stereocenters. The molecule has 0 spiro atoms. The number of pyridine rings is 1. The summed E-state index contributed by atoms with van der Waals surface area (Å²) in [6.45, 7) is 3.93. The van der Waals surface area contributed by atoms with Gasteiger partial charge in [-0.15, -0.1) is 0 Å². The van der Waals surface area contributed by atoms with Gasteiger partial charge in [-0.05, 0) is 55.3 Å². The lowest BCUT2D eigenvalue weighted by Crippen LogP contribution is -2.14. The maximum atomic E-state index is 13.7. The lowest BCUT2D eigenvalue weighted by Gasteiger charge is -2.11. The van der Waals surface area contributed by atoms with Crippen molar-refractivity contribution in [1.29, 1.82) is 0 Å². The topological polar surface area (TPSA) is 54.0 Å². The lowest BCUT2D eigenvalue weighted by atomic mass is 10.1. The summed E-state index contributed by atoms with van der Waals surface area (Å²) < 4.78 is 27.4. The van der Waals surface area contributed by atoms with Crippen molar-refractivity contribution in [1.82, 2.24) is 4.98 Å². The zero-order chi connectivity index (χ0) is 18.7. The number of rotatable bonds is 4. The highest BCUT2D eigenvalue weighted by Crippen LogP contribution is 2.22. The Morgan fingerprint density at radius 3 is 2.46 bits per heavy atom. The maximum absolute atomic E-state index is 13.7. The molecule has 0 aliphatic carbocycles. The Balaban J connectivity index is 1.83. The fourth-order valence-corrected chi connectivity index (χ4v) is 2.45. The fourth-order valence-electron chi connectivity index (χ4n) is 2.45. The summed E-state index contributed by atoms with van der Waals surface area (Å²) in [6.07, 6.45) is 1.46. The van der Waals surface area contributed by atoms with Crippen LogP contribution in [0, 0.1) is 25.5 Å². The number of nitrogens with zero attached hydrogens (tertiary/aromatic N) is 1. The minimum Gasteiger partial charge on any atom is -0.340 e. The summed E-state index contributed by atoms with van der Waals surface area (Å²) in [5.41, 5.74) is 2.74. The van der Waals surface area contributed by atoms with E-state index in [0.717, 1.165) is 28.9 Å². The number of hydrogen-bond donors (Lipinski definition) is 2. The van der Waals surface area contributed by atoms with Gasteiger partial charge in [-0.3, -0.25) is 4.79 Å². The number of aryl methyl sites for hydroxylation is 2. The van der Waals surface area contributed by atoms with E-state index in [4.69, 9.17) is 0 Å². The van der Waals surface area contributed by atoms with E-state index in [-0.39, 0.29) is 5.56 Å². The predicted octanol–water partition coefficient (Wildman–Crippen LogP) is 4.97. The Hall–Kier alpha value is -3.28. The average Bonchev–Trinajstić information content (AvgIpc) is 2.61. The van der Waals surface area contributed by atoms with E-state index in [1.165, 1.54) is 24.4 Å². The zero-order valence-corrected chi connectivity index (χ0v) is 14.3. The predicted molar refractivity (Wildman–Crippen MR) is 97.7 cm³/mol. The molecule has 3 aromatic rings. The molecule has 1 aromatic heterocycles. The van der Waals surface area contributed by atoms with Crippen LogP contribution in [0.1, 0.15) is 21.5 Å². The smallest absolute Gasteiger partial charge is 0.256 e. The molecule has 0 fully saturated rings. The lowest BCUT2D eigenvalue weighted by molar-refractivity contribution is 0.102. The largest absolute Gasteiger partial charge is 0.340 e. The van der Waals surface area contributed by atoms with Crippen LogP contribution in [-0.2, 0) is 0 Å². The van der Waals surface area contributed by atoms with Gasteiger partial charge in [-0.2, -0.15) is 0 Å². The monoisotopic (exact) mass is 353 g/mol. The molecule has 0 aliphatic rings. The summed E-state index contributed by atoms with van der Waals surface area (Å²) in [7, 11) is 0. The molecule has 0 radical (unpaired) electrons. The van der Waals surface area contributed by atoms with E-state index >= 15 is 0 Å². The third kappa shape index (κ3) is 3.85. The molecule has 26 heavy (non-hydrogen) atoms. The minimum absolute atomic E-state index is 0.232. The van der Waals surface area contributed by atoms with Crippen LogP contribution in [0.3, 0.4) is 0 Å². The first-order valence-corrected chi connectivity index (χ1v) is 8.00. The van der Waals surface area contributed by atoms with Crippen LogP contribution >= 0.6 is 0 Å². The number of amides is 1. The van der Waals surface area contributed by atoms with Crippen LogP contribution < -0.4 is 10.6 Å². The first kappa shape index (κ1) is 17.5. The number of carbonyl (C=O) groups excluding carboxylic acids is 1. The van der Waals surface area contributed by atoms with Gasteiger partial charge >= 0.3 is 0 Å². The second kappa shape index (κ2) is 7.31. The molecule has 4 nitrogen and oxygen atoms in total. The second-order valence-electron chi connectivity index (χ2n) is 5.92. The number of nitrogens with one attached hydrogen (secondary N) is 2. The van der Waals surface area contributed by atoms with Gasteiger partial charge in [0.2, 0.25) is 0 Å². The number of aromatic nitrogens is 1. The van der Waals surface area contributed by atoms with Gasteiger partial charge in [0.25, 0.3) is 5.91 Å². The van der Waals surface area contributed by atoms with E-state index in [2.05, 4.69) is 15.6 Å². The maximum Gasteiger partial charge on any atom is 0.256 e. The Morgan fingerprint density at radius 1 is 1.00 bits per heavy atom. The highest BCUT2D eigenvalue weighted by molar-refractivity contribution is 6.04. The molecule has 1 heterocycles. The summed E-state index contributed by atoms with van der Waals surface area (Å²) in [4.78, 5) is 16.5. The normalized spacial score (nSPS) is 10.5. The van der Waals surface area contributed by atoms with Crippen molar-refractivity contribution in [3.63, 3.8) is 0 Å². The van der Waals surface area contributed by atoms with Gasteiger partial charge < -0.3 is 10.6 Å². The van der Waals surface area contributed by atoms with Crippen molar-refractivity contribution in [3.8, 4) is 0 Å². The van der Waals surface area contributed by atoms with Crippen LogP contribution in [0.2, 0.25) is 0 Å². The molecule has 0 aliphatic heterocycles. The molecular formula is C20H17F2N3O. The third-order valence-corrected chi connectivity index (χ3v) is 3.88. The van der Waals surface area contributed by atoms with Gasteiger partial charge in [-0.25, -0.2) is 13.8 Å². The zero-order valence-electron chi connectivity index (χ0n) is 14.3. The van der Waals surface area contributed by atoms with Crippen LogP contribution in [0.5, 0.6) is 0 Å². The Morgan fingerprint density at radius 2 is 1.73 bits per heavy atom. The highest BCUT2D eigenvalue weighted by atomic mass is 19.1. The van der Waals surface area contributed by atoms with Crippen molar-refractivity contribution in [2.45, 2.75) is 13.8 Å². The van der Waals surface area contributed by atoms with Crippen molar-refractivity contribution < 1.29 is 13.6 Å². The van der Waals surface area contributed by atoms with Crippen LogP contribution in [-0.4, -0.2) is 10.9 Å².